The van der Waals surface area contributed by atoms with Crippen LogP contribution < -0.4 is 5.73 Å². The standard InChI is InChI=1S/C13H21N3O/c1-10-4-3-5-12(15-10)8-16-6-7-17-13(9-16)11(2)14/h3-5,11,13H,6-9,14H2,1-2H3. The zero-order valence-corrected chi connectivity index (χ0v) is 10.6. The zero-order chi connectivity index (χ0) is 12.3. The molecule has 0 bridgehead atoms. The summed E-state index contributed by atoms with van der Waals surface area (Å²) in [6, 6.07) is 6.24. The SMILES string of the molecule is Cc1cccc(CN2CCOC(C(C)N)C2)n1. The van der Waals surface area contributed by atoms with E-state index in [4.69, 9.17) is 10.5 Å². The highest BCUT2D eigenvalue weighted by Gasteiger charge is 2.23. The van der Waals surface area contributed by atoms with Crippen LogP contribution in [0.2, 0.25) is 0 Å². The Morgan fingerprint density at radius 1 is 1.59 bits per heavy atom. The molecule has 2 rings (SSSR count). The van der Waals surface area contributed by atoms with Gasteiger partial charge in [0.2, 0.25) is 0 Å². The summed E-state index contributed by atoms with van der Waals surface area (Å²) in [5, 5.41) is 0. The van der Waals surface area contributed by atoms with Crippen molar-refractivity contribution in [3.05, 3.63) is 29.6 Å². The molecule has 0 amide bonds. The van der Waals surface area contributed by atoms with Gasteiger partial charge < -0.3 is 10.5 Å². The molecule has 1 saturated heterocycles. The van der Waals surface area contributed by atoms with Crippen molar-refractivity contribution in [1.29, 1.82) is 0 Å². The number of nitrogens with two attached hydrogens (primary N) is 1. The lowest BCUT2D eigenvalue weighted by Crippen LogP contribution is -2.49. The topological polar surface area (TPSA) is 51.4 Å². The summed E-state index contributed by atoms with van der Waals surface area (Å²) in [5.41, 5.74) is 8.07. The van der Waals surface area contributed by atoms with Gasteiger partial charge in [0.1, 0.15) is 0 Å². The van der Waals surface area contributed by atoms with Crippen molar-refractivity contribution in [3.63, 3.8) is 0 Å². The first-order chi connectivity index (χ1) is 8.15. The van der Waals surface area contributed by atoms with Crippen LogP contribution in [0.5, 0.6) is 0 Å². The fraction of sp³-hybridized carbons (Fsp3) is 0.615. The van der Waals surface area contributed by atoms with Crippen molar-refractivity contribution >= 4 is 0 Å². The van der Waals surface area contributed by atoms with Gasteiger partial charge in [0.15, 0.2) is 0 Å². The molecule has 0 radical (unpaired) electrons. The van der Waals surface area contributed by atoms with Crippen molar-refractivity contribution < 1.29 is 4.74 Å². The lowest BCUT2D eigenvalue weighted by Gasteiger charge is -2.34. The highest BCUT2D eigenvalue weighted by atomic mass is 16.5. The van der Waals surface area contributed by atoms with Crippen molar-refractivity contribution in [3.8, 4) is 0 Å². The van der Waals surface area contributed by atoms with Crippen molar-refractivity contribution in [2.24, 2.45) is 5.73 Å². The maximum absolute atomic E-state index is 5.88. The number of ether oxygens (including phenoxy) is 1. The molecule has 0 spiro atoms. The smallest absolute Gasteiger partial charge is 0.0850 e. The summed E-state index contributed by atoms with van der Waals surface area (Å²) in [6.45, 7) is 7.52. The summed E-state index contributed by atoms with van der Waals surface area (Å²) in [6.07, 6.45) is 0.147. The Morgan fingerprint density at radius 2 is 2.41 bits per heavy atom. The lowest BCUT2D eigenvalue weighted by molar-refractivity contribution is -0.0406. The van der Waals surface area contributed by atoms with Crippen LogP contribution in [0.3, 0.4) is 0 Å². The molecule has 94 valence electrons. The second-order valence-corrected chi connectivity index (χ2v) is 4.77. The van der Waals surface area contributed by atoms with Crippen molar-refractivity contribution in [2.45, 2.75) is 32.5 Å². The Balaban J connectivity index is 1.94. The summed E-state index contributed by atoms with van der Waals surface area (Å²) < 4.78 is 5.64. The van der Waals surface area contributed by atoms with E-state index in [1.807, 2.05) is 19.9 Å². The molecule has 2 N–H and O–H groups in total. The zero-order valence-electron chi connectivity index (χ0n) is 10.6. The number of aromatic nitrogens is 1. The van der Waals surface area contributed by atoms with E-state index >= 15 is 0 Å². The van der Waals surface area contributed by atoms with Gasteiger partial charge in [-0.15, -0.1) is 0 Å². The van der Waals surface area contributed by atoms with E-state index in [2.05, 4.69) is 22.0 Å². The van der Waals surface area contributed by atoms with Crippen LogP contribution in [-0.2, 0) is 11.3 Å². The molecule has 0 saturated carbocycles. The molecule has 4 nitrogen and oxygen atoms in total. The second kappa shape index (κ2) is 5.58. The second-order valence-electron chi connectivity index (χ2n) is 4.77. The molecule has 17 heavy (non-hydrogen) atoms. The molecule has 2 atom stereocenters. The first-order valence-electron chi connectivity index (χ1n) is 6.17. The maximum atomic E-state index is 5.88. The molecule has 2 heterocycles. The molecule has 0 aromatic carbocycles. The molecular formula is C13H21N3O. The normalized spacial score (nSPS) is 23.6. The van der Waals surface area contributed by atoms with Crippen LogP contribution in [0, 0.1) is 6.92 Å². The van der Waals surface area contributed by atoms with E-state index in [9.17, 15) is 0 Å². The third-order valence-corrected chi connectivity index (χ3v) is 3.10. The van der Waals surface area contributed by atoms with E-state index < -0.39 is 0 Å². The first kappa shape index (κ1) is 12.5. The predicted octanol–water partition coefficient (Wildman–Crippen LogP) is 0.938. The molecule has 1 fully saturated rings. The van der Waals surface area contributed by atoms with E-state index in [1.165, 1.54) is 0 Å². The summed E-state index contributed by atoms with van der Waals surface area (Å²) >= 11 is 0. The number of rotatable bonds is 3. The third-order valence-electron chi connectivity index (χ3n) is 3.10. The highest BCUT2D eigenvalue weighted by Crippen LogP contribution is 2.11. The van der Waals surface area contributed by atoms with Crippen LogP contribution in [0.1, 0.15) is 18.3 Å². The first-order valence-corrected chi connectivity index (χ1v) is 6.17. The molecule has 1 aromatic rings. The average Bonchev–Trinajstić information content (AvgIpc) is 2.29. The highest BCUT2D eigenvalue weighted by molar-refractivity contribution is 5.09. The van der Waals surface area contributed by atoms with E-state index in [1.54, 1.807) is 0 Å². The van der Waals surface area contributed by atoms with Crippen LogP contribution in [0.25, 0.3) is 0 Å². The van der Waals surface area contributed by atoms with Gasteiger partial charge in [0.05, 0.1) is 18.4 Å². The number of pyridine rings is 1. The van der Waals surface area contributed by atoms with Gasteiger partial charge in [-0.3, -0.25) is 9.88 Å². The minimum absolute atomic E-state index is 0.0864. The van der Waals surface area contributed by atoms with Crippen LogP contribution in [-0.4, -0.2) is 41.7 Å². The van der Waals surface area contributed by atoms with Crippen molar-refractivity contribution in [1.82, 2.24) is 9.88 Å². The van der Waals surface area contributed by atoms with Gasteiger partial charge in [-0.1, -0.05) is 6.07 Å². The Labute approximate surface area is 103 Å². The number of morpholine rings is 1. The summed E-state index contributed by atoms with van der Waals surface area (Å²) in [7, 11) is 0. The minimum atomic E-state index is 0.0864. The van der Waals surface area contributed by atoms with E-state index in [-0.39, 0.29) is 12.1 Å². The number of hydrogen-bond acceptors (Lipinski definition) is 4. The minimum Gasteiger partial charge on any atom is -0.374 e. The molecule has 0 aliphatic carbocycles. The van der Waals surface area contributed by atoms with Gasteiger partial charge >= 0.3 is 0 Å². The molecule has 2 unspecified atom stereocenters. The van der Waals surface area contributed by atoms with Crippen molar-refractivity contribution in [2.75, 3.05) is 19.7 Å². The van der Waals surface area contributed by atoms with Gasteiger partial charge in [-0.25, -0.2) is 0 Å². The van der Waals surface area contributed by atoms with Crippen LogP contribution in [0.4, 0.5) is 0 Å². The van der Waals surface area contributed by atoms with Gasteiger partial charge in [0, 0.05) is 31.4 Å². The van der Waals surface area contributed by atoms with Gasteiger partial charge in [-0.05, 0) is 26.0 Å². The fourth-order valence-electron chi connectivity index (χ4n) is 2.11. The number of hydrogen-bond donors (Lipinski definition) is 1. The van der Waals surface area contributed by atoms with Gasteiger partial charge in [-0.2, -0.15) is 0 Å². The molecule has 1 aromatic heterocycles. The number of nitrogens with zero attached hydrogens (tertiary/aromatic N) is 2. The molecule has 4 heteroatoms. The Kier molecular flexibility index (Phi) is 4.10. The lowest BCUT2D eigenvalue weighted by atomic mass is 10.1. The fourth-order valence-corrected chi connectivity index (χ4v) is 2.11. The summed E-state index contributed by atoms with van der Waals surface area (Å²) in [5.74, 6) is 0. The molecule has 1 aliphatic rings. The number of aryl methyl sites for hydroxylation is 1. The largest absolute Gasteiger partial charge is 0.374 e. The summed E-state index contributed by atoms with van der Waals surface area (Å²) in [4.78, 5) is 6.88. The Morgan fingerprint density at radius 3 is 3.12 bits per heavy atom. The van der Waals surface area contributed by atoms with E-state index in [0.29, 0.717) is 0 Å². The Hall–Kier alpha value is -0.970. The predicted molar refractivity (Wildman–Crippen MR) is 67.6 cm³/mol. The third kappa shape index (κ3) is 3.49. The van der Waals surface area contributed by atoms with Crippen LogP contribution in [0.15, 0.2) is 18.2 Å². The monoisotopic (exact) mass is 235 g/mol. The maximum Gasteiger partial charge on any atom is 0.0850 e. The van der Waals surface area contributed by atoms with Crippen LogP contribution >= 0.6 is 0 Å². The molecular weight excluding hydrogens is 214 g/mol. The van der Waals surface area contributed by atoms with E-state index in [0.717, 1.165) is 37.6 Å². The average molecular weight is 235 g/mol. The quantitative estimate of drug-likeness (QED) is 0.847. The van der Waals surface area contributed by atoms with Gasteiger partial charge in [0.25, 0.3) is 0 Å². The Bertz CT molecular complexity index is 367. The molecule has 1 aliphatic heterocycles.